The molecule has 6 nitrogen and oxygen atoms in total. The Bertz CT molecular complexity index is 3530. The second kappa shape index (κ2) is 12.3. The van der Waals surface area contributed by atoms with Gasteiger partial charge in [-0.05, 0) is 53.6 Å². The summed E-state index contributed by atoms with van der Waals surface area (Å²) in [4.78, 5) is 15.3. The standard InChI is InChI=1S/C51H30N4O2/c1-3-13-31(14-4-1)33-25-27-36-35-17-7-9-23-43(35)55(44(36)29-33)34-26-28-38-40-20-12-22-42(48(40)57-46(38)30-34)51-53-49(32-15-5-2-6-16-32)52-50(54-51)41-21-11-19-39-37-18-8-10-24-45(37)56-47(39)41/h1-30H. The third kappa shape index (κ3) is 4.94. The number of aromatic nitrogens is 4. The largest absolute Gasteiger partial charge is 0.455 e. The molecule has 0 N–H and O–H groups in total. The monoisotopic (exact) mass is 730 g/mol. The lowest BCUT2D eigenvalue weighted by molar-refractivity contribution is 0.669. The van der Waals surface area contributed by atoms with E-state index in [1.54, 1.807) is 0 Å². The van der Waals surface area contributed by atoms with Gasteiger partial charge in [0.25, 0.3) is 0 Å². The molecule has 8 aromatic carbocycles. The van der Waals surface area contributed by atoms with Crippen LogP contribution in [0.4, 0.5) is 0 Å². The highest BCUT2D eigenvalue weighted by molar-refractivity contribution is 6.13. The van der Waals surface area contributed by atoms with Crippen molar-refractivity contribution >= 4 is 65.7 Å². The number of rotatable bonds is 5. The van der Waals surface area contributed by atoms with Crippen molar-refractivity contribution in [2.45, 2.75) is 0 Å². The highest BCUT2D eigenvalue weighted by Gasteiger charge is 2.21. The number of nitrogens with zero attached hydrogens (tertiary/aromatic N) is 4. The van der Waals surface area contributed by atoms with E-state index in [1.807, 2.05) is 72.8 Å². The first-order chi connectivity index (χ1) is 28.2. The van der Waals surface area contributed by atoms with Crippen molar-refractivity contribution < 1.29 is 8.83 Å². The molecule has 4 heterocycles. The molecule has 12 aromatic rings. The third-order valence-electron chi connectivity index (χ3n) is 11.1. The molecule has 0 unspecified atom stereocenters. The van der Waals surface area contributed by atoms with Crippen LogP contribution in [0.5, 0.6) is 0 Å². The average molecular weight is 731 g/mol. The fourth-order valence-corrected chi connectivity index (χ4v) is 8.42. The Morgan fingerprint density at radius 2 is 0.877 bits per heavy atom. The van der Waals surface area contributed by atoms with Crippen molar-refractivity contribution in [2.75, 3.05) is 0 Å². The zero-order chi connectivity index (χ0) is 37.5. The van der Waals surface area contributed by atoms with E-state index in [-0.39, 0.29) is 0 Å². The van der Waals surface area contributed by atoms with Crippen LogP contribution in [-0.2, 0) is 0 Å². The molecule has 0 aliphatic heterocycles. The van der Waals surface area contributed by atoms with Crippen LogP contribution in [0.25, 0.3) is 117 Å². The Kier molecular flexibility index (Phi) is 6.83. The van der Waals surface area contributed by atoms with Crippen LogP contribution >= 0.6 is 0 Å². The molecule has 0 bridgehead atoms. The van der Waals surface area contributed by atoms with E-state index < -0.39 is 0 Å². The predicted octanol–water partition coefficient (Wildman–Crippen LogP) is 13.4. The minimum Gasteiger partial charge on any atom is -0.455 e. The van der Waals surface area contributed by atoms with Crippen LogP contribution in [0.2, 0.25) is 0 Å². The van der Waals surface area contributed by atoms with E-state index >= 15 is 0 Å². The minimum absolute atomic E-state index is 0.521. The topological polar surface area (TPSA) is 69.9 Å². The molecule has 266 valence electrons. The summed E-state index contributed by atoms with van der Waals surface area (Å²) in [5.74, 6) is 1.62. The summed E-state index contributed by atoms with van der Waals surface area (Å²) in [6.45, 7) is 0. The lowest BCUT2D eigenvalue weighted by atomic mass is 10.0. The fraction of sp³-hybridized carbons (Fsp3) is 0. The van der Waals surface area contributed by atoms with Crippen molar-refractivity contribution in [3.05, 3.63) is 182 Å². The highest BCUT2D eigenvalue weighted by Crippen LogP contribution is 2.40. The van der Waals surface area contributed by atoms with Crippen molar-refractivity contribution in [1.82, 2.24) is 19.5 Å². The van der Waals surface area contributed by atoms with E-state index in [0.717, 1.165) is 77.3 Å². The molecule has 0 fully saturated rings. The summed E-state index contributed by atoms with van der Waals surface area (Å²) in [6.07, 6.45) is 0. The van der Waals surface area contributed by atoms with Gasteiger partial charge in [0.15, 0.2) is 17.5 Å². The minimum atomic E-state index is 0.521. The number of hydrogen-bond donors (Lipinski definition) is 0. The maximum Gasteiger partial charge on any atom is 0.167 e. The van der Waals surface area contributed by atoms with Gasteiger partial charge in [-0.15, -0.1) is 0 Å². The van der Waals surface area contributed by atoms with E-state index in [4.69, 9.17) is 23.8 Å². The van der Waals surface area contributed by atoms with Crippen molar-refractivity contribution in [3.63, 3.8) is 0 Å². The second-order valence-corrected chi connectivity index (χ2v) is 14.4. The first-order valence-electron chi connectivity index (χ1n) is 19.0. The molecule has 0 saturated heterocycles. The van der Waals surface area contributed by atoms with E-state index in [9.17, 15) is 0 Å². The number of furan rings is 2. The Hall–Kier alpha value is -7.83. The Morgan fingerprint density at radius 3 is 1.61 bits per heavy atom. The van der Waals surface area contributed by atoms with E-state index in [0.29, 0.717) is 17.5 Å². The van der Waals surface area contributed by atoms with Crippen LogP contribution in [0.1, 0.15) is 0 Å². The zero-order valence-electron chi connectivity index (χ0n) is 30.4. The number of para-hydroxylation sites is 4. The summed E-state index contributed by atoms with van der Waals surface area (Å²) in [7, 11) is 0. The summed E-state index contributed by atoms with van der Waals surface area (Å²) in [5, 5.41) is 6.49. The molecule has 6 heteroatoms. The van der Waals surface area contributed by atoms with Gasteiger partial charge in [0.2, 0.25) is 0 Å². The average Bonchev–Trinajstić information content (AvgIpc) is 3.96. The van der Waals surface area contributed by atoms with Gasteiger partial charge in [-0.3, -0.25) is 0 Å². The quantitative estimate of drug-likeness (QED) is 0.176. The molecule has 0 aliphatic rings. The summed E-state index contributed by atoms with van der Waals surface area (Å²) < 4.78 is 15.6. The molecule has 0 saturated carbocycles. The molecule has 57 heavy (non-hydrogen) atoms. The van der Waals surface area contributed by atoms with Crippen LogP contribution in [-0.4, -0.2) is 19.5 Å². The summed E-state index contributed by atoms with van der Waals surface area (Å²) in [5.41, 5.74) is 11.2. The highest BCUT2D eigenvalue weighted by atomic mass is 16.3. The second-order valence-electron chi connectivity index (χ2n) is 14.4. The lowest BCUT2D eigenvalue weighted by Crippen LogP contribution is -2.00. The molecular weight excluding hydrogens is 701 g/mol. The van der Waals surface area contributed by atoms with Gasteiger partial charge >= 0.3 is 0 Å². The van der Waals surface area contributed by atoms with Crippen molar-refractivity contribution in [3.8, 4) is 51.0 Å². The van der Waals surface area contributed by atoms with E-state index in [1.165, 1.54) is 21.9 Å². The van der Waals surface area contributed by atoms with Crippen molar-refractivity contribution in [1.29, 1.82) is 0 Å². The van der Waals surface area contributed by atoms with Gasteiger partial charge in [0.05, 0.1) is 22.2 Å². The normalized spacial score (nSPS) is 11.9. The Labute approximate surface area is 325 Å². The first-order valence-corrected chi connectivity index (χ1v) is 19.0. The number of benzene rings is 8. The number of hydrogen-bond acceptors (Lipinski definition) is 5. The number of fused-ring (bicyclic) bond motifs is 9. The van der Waals surface area contributed by atoms with Gasteiger partial charge in [0.1, 0.15) is 22.3 Å². The fourth-order valence-electron chi connectivity index (χ4n) is 8.42. The van der Waals surface area contributed by atoms with Crippen LogP contribution < -0.4 is 0 Å². The Morgan fingerprint density at radius 1 is 0.333 bits per heavy atom. The molecule has 0 spiro atoms. The van der Waals surface area contributed by atoms with Crippen LogP contribution in [0.3, 0.4) is 0 Å². The van der Waals surface area contributed by atoms with Crippen molar-refractivity contribution in [2.24, 2.45) is 0 Å². The molecule has 0 radical (unpaired) electrons. The molecule has 4 aromatic heterocycles. The zero-order valence-corrected chi connectivity index (χ0v) is 30.4. The maximum absolute atomic E-state index is 6.86. The van der Waals surface area contributed by atoms with Gasteiger partial charge < -0.3 is 13.4 Å². The van der Waals surface area contributed by atoms with Crippen LogP contribution in [0.15, 0.2) is 191 Å². The Balaban J connectivity index is 1.05. The predicted molar refractivity (Wildman–Crippen MR) is 230 cm³/mol. The maximum atomic E-state index is 6.86. The molecule has 12 rings (SSSR count). The van der Waals surface area contributed by atoms with Gasteiger partial charge in [0, 0.05) is 49.6 Å². The molecule has 0 amide bonds. The van der Waals surface area contributed by atoms with Crippen LogP contribution in [0, 0.1) is 0 Å². The summed E-state index contributed by atoms with van der Waals surface area (Å²) >= 11 is 0. The first kappa shape index (κ1) is 31.5. The summed E-state index contributed by atoms with van der Waals surface area (Å²) in [6, 6.07) is 62.8. The lowest BCUT2D eigenvalue weighted by Gasteiger charge is -2.09. The van der Waals surface area contributed by atoms with Gasteiger partial charge in [-0.1, -0.05) is 133 Å². The smallest absolute Gasteiger partial charge is 0.167 e. The van der Waals surface area contributed by atoms with E-state index in [2.05, 4.69) is 114 Å². The van der Waals surface area contributed by atoms with Gasteiger partial charge in [-0.2, -0.15) is 0 Å². The van der Waals surface area contributed by atoms with Gasteiger partial charge in [-0.25, -0.2) is 15.0 Å². The SMILES string of the molecule is c1ccc(-c2ccc3c4ccccc4n(-c4ccc5c(c4)oc4c(-c6nc(-c7ccccc7)nc(-c7cccc8c7oc7ccccc78)n6)cccc45)c3c2)cc1. The molecule has 0 atom stereocenters. The molecule has 0 aliphatic carbocycles. The third-order valence-corrected chi connectivity index (χ3v) is 11.1. The molecular formula is C51H30N4O2.